The number of hydrogen-bond acceptors (Lipinski definition) is 3. The predicted molar refractivity (Wildman–Crippen MR) is 104 cm³/mol. The number of anilines is 1. The Labute approximate surface area is 151 Å². The molecule has 2 aromatic heterocycles. The summed E-state index contributed by atoms with van der Waals surface area (Å²) < 4.78 is 0. The summed E-state index contributed by atoms with van der Waals surface area (Å²) in [6.45, 7) is 1.87. The average Bonchev–Trinajstić information content (AvgIpc) is 2.68. The highest BCUT2D eigenvalue weighted by molar-refractivity contribution is 6.14. The van der Waals surface area contributed by atoms with Crippen molar-refractivity contribution >= 4 is 22.6 Å². The first-order valence-corrected chi connectivity index (χ1v) is 8.41. The Balaban J connectivity index is 1.93. The molecule has 0 aliphatic heterocycles. The van der Waals surface area contributed by atoms with Gasteiger partial charge in [-0.25, -0.2) is 4.98 Å². The van der Waals surface area contributed by atoms with Gasteiger partial charge >= 0.3 is 0 Å². The molecule has 0 saturated carbocycles. The third kappa shape index (κ3) is 2.93. The molecule has 0 unspecified atom stereocenters. The van der Waals surface area contributed by atoms with E-state index < -0.39 is 0 Å². The second-order valence-corrected chi connectivity index (χ2v) is 6.00. The van der Waals surface area contributed by atoms with Gasteiger partial charge in [-0.15, -0.1) is 0 Å². The molecule has 0 radical (unpaired) electrons. The van der Waals surface area contributed by atoms with Crippen molar-refractivity contribution in [2.75, 3.05) is 5.32 Å². The van der Waals surface area contributed by atoms with Gasteiger partial charge in [0.2, 0.25) is 0 Å². The van der Waals surface area contributed by atoms with Crippen LogP contribution in [0.2, 0.25) is 0 Å². The molecule has 0 spiro atoms. The van der Waals surface area contributed by atoms with Crippen LogP contribution in [-0.4, -0.2) is 15.9 Å². The lowest BCUT2D eigenvalue weighted by atomic mass is 9.94. The van der Waals surface area contributed by atoms with Crippen molar-refractivity contribution in [3.63, 3.8) is 0 Å². The molecule has 0 saturated heterocycles. The number of amides is 1. The maximum Gasteiger partial charge on any atom is 0.259 e. The maximum absolute atomic E-state index is 13.1. The van der Waals surface area contributed by atoms with Crippen LogP contribution in [0.3, 0.4) is 0 Å². The summed E-state index contributed by atoms with van der Waals surface area (Å²) in [4.78, 5) is 21.9. The molecule has 0 fully saturated rings. The van der Waals surface area contributed by atoms with E-state index in [1.54, 1.807) is 12.3 Å². The lowest BCUT2D eigenvalue weighted by Gasteiger charge is -2.15. The number of hydrogen-bond donors (Lipinski definition) is 1. The number of para-hydroxylation sites is 1. The zero-order valence-electron chi connectivity index (χ0n) is 14.3. The zero-order chi connectivity index (χ0) is 17.9. The highest BCUT2D eigenvalue weighted by atomic mass is 16.1. The molecular weight excluding hydrogens is 322 g/mol. The van der Waals surface area contributed by atoms with Crippen LogP contribution in [0.25, 0.3) is 22.0 Å². The Morgan fingerprint density at radius 1 is 0.885 bits per heavy atom. The van der Waals surface area contributed by atoms with E-state index in [-0.39, 0.29) is 5.91 Å². The molecule has 26 heavy (non-hydrogen) atoms. The fourth-order valence-electron chi connectivity index (χ4n) is 3.13. The number of carbonyl (C=O) groups is 1. The van der Waals surface area contributed by atoms with Crippen LogP contribution in [0.4, 0.5) is 5.82 Å². The molecule has 0 aliphatic rings. The highest BCUT2D eigenvalue weighted by Crippen LogP contribution is 2.33. The fraction of sp³-hybridized carbons (Fsp3) is 0.0455. The van der Waals surface area contributed by atoms with Gasteiger partial charge in [-0.05, 0) is 30.7 Å². The van der Waals surface area contributed by atoms with Gasteiger partial charge in [0.15, 0.2) is 0 Å². The molecule has 1 N–H and O–H groups in total. The summed E-state index contributed by atoms with van der Waals surface area (Å²) in [6.07, 6.45) is 1.65. The van der Waals surface area contributed by atoms with Crippen LogP contribution < -0.4 is 5.32 Å². The van der Waals surface area contributed by atoms with Crippen molar-refractivity contribution in [2.24, 2.45) is 0 Å². The minimum absolute atomic E-state index is 0.210. The Kier molecular flexibility index (Phi) is 4.15. The Hall–Kier alpha value is -3.53. The summed E-state index contributed by atoms with van der Waals surface area (Å²) in [5.41, 5.74) is 4.01. The Bertz CT molecular complexity index is 1080. The average molecular weight is 339 g/mol. The Morgan fingerprint density at radius 3 is 2.38 bits per heavy atom. The molecule has 4 nitrogen and oxygen atoms in total. The van der Waals surface area contributed by atoms with Crippen molar-refractivity contribution < 1.29 is 4.79 Å². The van der Waals surface area contributed by atoms with E-state index in [2.05, 4.69) is 15.3 Å². The summed E-state index contributed by atoms with van der Waals surface area (Å²) in [5, 5.41) is 3.84. The lowest BCUT2D eigenvalue weighted by molar-refractivity contribution is 0.102. The highest BCUT2D eigenvalue weighted by Gasteiger charge is 2.20. The second-order valence-electron chi connectivity index (χ2n) is 6.00. The van der Waals surface area contributed by atoms with E-state index in [9.17, 15) is 4.79 Å². The van der Waals surface area contributed by atoms with Gasteiger partial charge in [-0.1, -0.05) is 54.6 Å². The van der Waals surface area contributed by atoms with Crippen LogP contribution in [0.15, 0.2) is 79.0 Å². The smallest absolute Gasteiger partial charge is 0.259 e. The van der Waals surface area contributed by atoms with Gasteiger partial charge in [0.25, 0.3) is 5.91 Å². The number of pyridine rings is 2. The van der Waals surface area contributed by atoms with Crippen LogP contribution in [-0.2, 0) is 0 Å². The first-order chi connectivity index (χ1) is 12.7. The largest absolute Gasteiger partial charge is 0.306 e. The first-order valence-electron chi connectivity index (χ1n) is 8.41. The molecule has 4 aromatic rings. The number of nitrogens with one attached hydrogen (secondary N) is 1. The van der Waals surface area contributed by atoms with Crippen LogP contribution >= 0.6 is 0 Å². The van der Waals surface area contributed by atoms with E-state index >= 15 is 0 Å². The number of nitrogens with zero attached hydrogens (tertiary/aromatic N) is 2. The minimum atomic E-state index is -0.210. The minimum Gasteiger partial charge on any atom is -0.306 e. The summed E-state index contributed by atoms with van der Waals surface area (Å²) >= 11 is 0. The SMILES string of the molecule is Cc1nc2ccccc2c(-c2ccccc2)c1C(=O)Nc1ccccn1. The molecule has 0 aliphatic carbocycles. The predicted octanol–water partition coefficient (Wildman–Crippen LogP) is 4.86. The van der Waals surface area contributed by atoms with Crippen LogP contribution in [0.1, 0.15) is 16.1 Å². The van der Waals surface area contributed by atoms with Crippen molar-refractivity contribution in [2.45, 2.75) is 6.92 Å². The van der Waals surface area contributed by atoms with Crippen molar-refractivity contribution in [3.05, 3.63) is 90.3 Å². The molecule has 2 aromatic carbocycles. The van der Waals surface area contributed by atoms with E-state index in [1.165, 1.54) is 0 Å². The van der Waals surface area contributed by atoms with Crippen LogP contribution in [0, 0.1) is 6.92 Å². The third-order valence-electron chi connectivity index (χ3n) is 4.27. The normalized spacial score (nSPS) is 10.7. The van der Waals surface area contributed by atoms with E-state index in [1.807, 2.05) is 73.7 Å². The molecular formula is C22H17N3O. The quantitative estimate of drug-likeness (QED) is 0.580. The van der Waals surface area contributed by atoms with Gasteiger partial charge < -0.3 is 5.32 Å². The van der Waals surface area contributed by atoms with Gasteiger partial charge in [0, 0.05) is 17.1 Å². The second kappa shape index (κ2) is 6.76. The van der Waals surface area contributed by atoms with Gasteiger partial charge in [0.1, 0.15) is 5.82 Å². The van der Waals surface area contributed by atoms with Crippen molar-refractivity contribution in [3.8, 4) is 11.1 Å². The first kappa shape index (κ1) is 16.0. The van der Waals surface area contributed by atoms with Gasteiger partial charge in [-0.3, -0.25) is 9.78 Å². The number of aryl methyl sites for hydroxylation is 1. The molecule has 1 amide bonds. The molecule has 4 rings (SSSR count). The monoisotopic (exact) mass is 339 g/mol. The summed E-state index contributed by atoms with van der Waals surface area (Å²) in [6, 6.07) is 23.2. The van der Waals surface area contributed by atoms with Crippen LogP contribution in [0.5, 0.6) is 0 Å². The molecule has 0 bridgehead atoms. The van der Waals surface area contributed by atoms with Crippen molar-refractivity contribution in [1.82, 2.24) is 9.97 Å². The fourth-order valence-corrected chi connectivity index (χ4v) is 3.13. The van der Waals surface area contributed by atoms with Gasteiger partial charge in [0.05, 0.1) is 16.8 Å². The van der Waals surface area contributed by atoms with E-state index in [4.69, 9.17) is 0 Å². The molecule has 126 valence electrons. The Morgan fingerprint density at radius 2 is 1.62 bits per heavy atom. The van der Waals surface area contributed by atoms with Gasteiger partial charge in [-0.2, -0.15) is 0 Å². The molecule has 2 heterocycles. The summed E-state index contributed by atoms with van der Waals surface area (Å²) in [7, 11) is 0. The third-order valence-corrected chi connectivity index (χ3v) is 4.27. The lowest BCUT2D eigenvalue weighted by Crippen LogP contribution is -2.16. The molecule has 0 atom stereocenters. The van der Waals surface area contributed by atoms with E-state index in [0.717, 1.165) is 22.0 Å². The number of rotatable bonds is 3. The van der Waals surface area contributed by atoms with Crippen molar-refractivity contribution in [1.29, 1.82) is 0 Å². The summed E-state index contributed by atoms with van der Waals surface area (Å²) in [5.74, 6) is 0.308. The maximum atomic E-state index is 13.1. The standard InChI is InChI=1S/C22H17N3O/c1-15-20(22(26)25-19-13-7-8-14-23-19)21(16-9-3-2-4-10-16)17-11-5-6-12-18(17)24-15/h2-14H,1H3,(H,23,25,26). The number of fused-ring (bicyclic) bond motifs is 1. The topological polar surface area (TPSA) is 54.9 Å². The van der Waals surface area contributed by atoms with E-state index in [0.29, 0.717) is 17.1 Å². The number of benzene rings is 2. The number of carbonyl (C=O) groups excluding carboxylic acids is 1. The zero-order valence-corrected chi connectivity index (χ0v) is 14.3. The number of aromatic nitrogens is 2. The molecule has 4 heteroatoms.